The van der Waals surface area contributed by atoms with Gasteiger partial charge in [0.25, 0.3) is 10.0 Å². The number of nitrogens with one attached hydrogen (secondary N) is 1. The Morgan fingerprint density at radius 2 is 1.90 bits per heavy atom. The molecule has 4 N–H and O–H groups in total. The molecule has 20 heavy (non-hydrogen) atoms. The van der Waals surface area contributed by atoms with E-state index in [0.717, 1.165) is 0 Å². The van der Waals surface area contributed by atoms with Crippen molar-refractivity contribution in [2.75, 3.05) is 10.5 Å². The topological polar surface area (TPSA) is 116 Å². The minimum Gasteiger partial charge on any atom is -0.508 e. The Morgan fingerprint density at radius 1 is 1.20 bits per heavy atom. The number of hydrogen-bond donors (Lipinski definition) is 3. The van der Waals surface area contributed by atoms with Gasteiger partial charge in [0.15, 0.2) is 0 Å². The van der Waals surface area contributed by atoms with Crippen molar-refractivity contribution in [3.63, 3.8) is 0 Å². The van der Waals surface area contributed by atoms with Crippen molar-refractivity contribution in [1.29, 1.82) is 5.26 Å². The second-order valence-electron chi connectivity index (χ2n) is 3.99. The van der Waals surface area contributed by atoms with E-state index in [0.29, 0.717) is 0 Å². The third kappa shape index (κ3) is 2.65. The van der Waals surface area contributed by atoms with Crippen LogP contribution in [0.25, 0.3) is 0 Å². The highest BCUT2D eigenvalue weighted by Crippen LogP contribution is 2.26. The zero-order valence-electron chi connectivity index (χ0n) is 10.2. The second-order valence-corrected chi connectivity index (χ2v) is 5.64. The molecule has 0 aromatic heterocycles. The lowest BCUT2D eigenvalue weighted by atomic mass is 10.2. The van der Waals surface area contributed by atoms with Crippen LogP contribution >= 0.6 is 0 Å². The number of nitrogen functional groups attached to an aromatic ring is 1. The molecule has 2 rings (SSSR count). The molecule has 0 spiro atoms. The summed E-state index contributed by atoms with van der Waals surface area (Å²) >= 11 is 0. The fraction of sp³-hybridized carbons (Fsp3) is 0. The van der Waals surface area contributed by atoms with Gasteiger partial charge in [-0.05, 0) is 24.3 Å². The van der Waals surface area contributed by atoms with Gasteiger partial charge in [0.05, 0.1) is 16.9 Å². The molecular formula is C13H11N3O3S. The minimum absolute atomic E-state index is 0.0392. The SMILES string of the molecule is N#Cc1ccccc1S(=O)(=O)Nc1ccc(O)cc1N. The van der Waals surface area contributed by atoms with E-state index < -0.39 is 10.0 Å². The molecular weight excluding hydrogens is 278 g/mol. The van der Waals surface area contributed by atoms with Crippen molar-refractivity contribution >= 4 is 21.4 Å². The summed E-state index contributed by atoms with van der Waals surface area (Å²) < 4.78 is 26.8. The Morgan fingerprint density at radius 3 is 2.55 bits per heavy atom. The molecule has 0 saturated heterocycles. The van der Waals surface area contributed by atoms with E-state index in [-0.39, 0.29) is 27.6 Å². The van der Waals surface area contributed by atoms with E-state index in [1.54, 1.807) is 6.07 Å². The van der Waals surface area contributed by atoms with Crippen molar-refractivity contribution < 1.29 is 13.5 Å². The Labute approximate surface area is 116 Å². The highest BCUT2D eigenvalue weighted by atomic mass is 32.2. The van der Waals surface area contributed by atoms with Gasteiger partial charge in [-0.1, -0.05) is 12.1 Å². The lowest BCUT2D eigenvalue weighted by Gasteiger charge is -2.11. The monoisotopic (exact) mass is 289 g/mol. The molecule has 102 valence electrons. The molecule has 6 nitrogen and oxygen atoms in total. The van der Waals surface area contributed by atoms with E-state index in [1.807, 2.05) is 6.07 Å². The minimum atomic E-state index is -3.93. The van der Waals surface area contributed by atoms with E-state index in [9.17, 15) is 13.5 Å². The van der Waals surface area contributed by atoms with Gasteiger partial charge >= 0.3 is 0 Å². The van der Waals surface area contributed by atoms with Crippen LogP contribution in [-0.2, 0) is 10.0 Å². The lowest BCUT2D eigenvalue weighted by Crippen LogP contribution is -2.15. The molecule has 0 aliphatic heterocycles. The summed E-state index contributed by atoms with van der Waals surface area (Å²) in [5.41, 5.74) is 5.89. The van der Waals surface area contributed by atoms with Gasteiger partial charge in [0.1, 0.15) is 16.7 Å². The predicted molar refractivity (Wildman–Crippen MR) is 74.5 cm³/mol. The van der Waals surface area contributed by atoms with Gasteiger partial charge in [0, 0.05) is 6.07 Å². The van der Waals surface area contributed by atoms with Crippen LogP contribution in [0.4, 0.5) is 11.4 Å². The molecule has 0 aliphatic carbocycles. The highest BCUT2D eigenvalue weighted by Gasteiger charge is 2.19. The molecule has 2 aromatic rings. The van der Waals surface area contributed by atoms with Crippen molar-refractivity contribution in [2.45, 2.75) is 4.90 Å². The molecule has 0 heterocycles. The van der Waals surface area contributed by atoms with Crippen LogP contribution < -0.4 is 10.5 Å². The van der Waals surface area contributed by atoms with Gasteiger partial charge in [-0.15, -0.1) is 0 Å². The van der Waals surface area contributed by atoms with Crippen LogP contribution in [0.3, 0.4) is 0 Å². The maximum Gasteiger partial charge on any atom is 0.263 e. The first-order chi connectivity index (χ1) is 9.44. The third-order valence-corrected chi connectivity index (χ3v) is 4.00. The Kier molecular flexibility index (Phi) is 3.50. The summed E-state index contributed by atoms with van der Waals surface area (Å²) in [7, 11) is -3.93. The van der Waals surface area contributed by atoms with Crippen LogP contribution in [0.2, 0.25) is 0 Å². The van der Waals surface area contributed by atoms with Gasteiger partial charge in [-0.25, -0.2) is 8.42 Å². The predicted octanol–water partition coefficient (Wildman–Crippen LogP) is 1.65. The van der Waals surface area contributed by atoms with Crippen molar-refractivity contribution in [2.24, 2.45) is 0 Å². The van der Waals surface area contributed by atoms with Gasteiger partial charge in [0.2, 0.25) is 0 Å². The Hall–Kier alpha value is -2.72. The Balaban J connectivity index is 2.44. The van der Waals surface area contributed by atoms with E-state index in [2.05, 4.69) is 4.72 Å². The maximum atomic E-state index is 12.2. The molecule has 7 heteroatoms. The summed E-state index contributed by atoms with van der Waals surface area (Å²) in [6, 6.07) is 11.5. The van der Waals surface area contributed by atoms with E-state index in [1.165, 1.54) is 36.4 Å². The number of hydrogen-bond acceptors (Lipinski definition) is 5. The number of aromatic hydroxyl groups is 1. The fourth-order valence-electron chi connectivity index (χ4n) is 1.64. The van der Waals surface area contributed by atoms with Crippen molar-refractivity contribution in [3.8, 4) is 11.8 Å². The quantitative estimate of drug-likeness (QED) is 0.586. The first kappa shape index (κ1) is 13.7. The highest BCUT2D eigenvalue weighted by molar-refractivity contribution is 7.92. The Bertz CT molecular complexity index is 795. The zero-order valence-corrected chi connectivity index (χ0v) is 11.1. The van der Waals surface area contributed by atoms with Crippen molar-refractivity contribution in [3.05, 3.63) is 48.0 Å². The van der Waals surface area contributed by atoms with Crippen LogP contribution in [0.15, 0.2) is 47.4 Å². The third-order valence-electron chi connectivity index (χ3n) is 2.58. The number of nitrogens with zero attached hydrogens (tertiary/aromatic N) is 1. The second kappa shape index (κ2) is 5.11. The largest absolute Gasteiger partial charge is 0.508 e. The number of anilines is 2. The van der Waals surface area contributed by atoms with Gasteiger partial charge in [-0.3, -0.25) is 4.72 Å². The first-order valence-corrected chi connectivity index (χ1v) is 7.03. The van der Waals surface area contributed by atoms with E-state index in [4.69, 9.17) is 11.0 Å². The molecule has 0 saturated carbocycles. The zero-order chi connectivity index (χ0) is 14.8. The summed E-state index contributed by atoms with van der Waals surface area (Å²) in [6.45, 7) is 0. The normalized spacial score (nSPS) is 10.8. The molecule has 0 fully saturated rings. The maximum absolute atomic E-state index is 12.2. The lowest BCUT2D eigenvalue weighted by molar-refractivity contribution is 0.475. The van der Waals surface area contributed by atoms with Crippen molar-refractivity contribution in [1.82, 2.24) is 0 Å². The number of rotatable bonds is 3. The van der Waals surface area contributed by atoms with Crippen LogP contribution in [0.1, 0.15) is 5.56 Å². The molecule has 2 aromatic carbocycles. The number of phenolic OH excluding ortho intramolecular Hbond substituents is 1. The standard InChI is InChI=1S/C13H11N3O3S/c14-8-9-3-1-2-4-13(9)20(18,19)16-12-6-5-10(17)7-11(12)15/h1-7,16-17H,15H2. The number of nitrogens with two attached hydrogens (primary N) is 1. The molecule has 0 amide bonds. The number of benzene rings is 2. The summed E-state index contributed by atoms with van der Waals surface area (Å²) in [5.74, 6) is -0.0668. The molecule has 0 aliphatic rings. The average molecular weight is 289 g/mol. The first-order valence-electron chi connectivity index (χ1n) is 5.54. The van der Waals surface area contributed by atoms with Gasteiger partial charge < -0.3 is 10.8 Å². The molecule has 0 unspecified atom stereocenters. The fourth-order valence-corrected chi connectivity index (χ4v) is 2.88. The van der Waals surface area contributed by atoms with Crippen LogP contribution in [0, 0.1) is 11.3 Å². The molecule has 0 bridgehead atoms. The summed E-state index contributed by atoms with van der Waals surface area (Å²) in [5, 5.41) is 18.2. The number of nitriles is 1. The van der Waals surface area contributed by atoms with E-state index >= 15 is 0 Å². The van der Waals surface area contributed by atoms with Crippen LogP contribution in [-0.4, -0.2) is 13.5 Å². The number of sulfonamides is 1. The smallest absolute Gasteiger partial charge is 0.263 e. The molecule has 0 atom stereocenters. The van der Waals surface area contributed by atoms with Crippen LogP contribution in [0.5, 0.6) is 5.75 Å². The summed E-state index contributed by atoms with van der Waals surface area (Å²) in [4.78, 5) is -0.130. The summed E-state index contributed by atoms with van der Waals surface area (Å²) in [6.07, 6.45) is 0. The average Bonchev–Trinajstić information content (AvgIpc) is 2.42. The number of phenols is 1. The molecule has 0 radical (unpaired) electrons. The van der Waals surface area contributed by atoms with Gasteiger partial charge in [-0.2, -0.15) is 5.26 Å².